The molecule has 0 bridgehead atoms. The highest BCUT2D eigenvalue weighted by molar-refractivity contribution is 8.00. The lowest BCUT2D eigenvalue weighted by Crippen LogP contribution is -1.96. The Morgan fingerprint density at radius 1 is 1.80 bits per heavy atom. The van der Waals surface area contributed by atoms with Crippen molar-refractivity contribution in [1.82, 2.24) is 0 Å². The minimum Gasteiger partial charge on any atom is -0.481 e. The maximum absolute atomic E-state index is 10.1. The van der Waals surface area contributed by atoms with Crippen molar-refractivity contribution >= 4 is 29.1 Å². The number of thiophene rings is 1. The highest BCUT2D eigenvalue weighted by Gasteiger charge is 1.98. The number of hydrogen-bond donors (Lipinski definition) is 1. The normalized spacial score (nSPS) is 9.60. The van der Waals surface area contributed by atoms with Crippen molar-refractivity contribution in [3.63, 3.8) is 0 Å². The summed E-state index contributed by atoms with van der Waals surface area (Å²) in [5.41, 5.74) is 0. The van der Waals surface area contributed by atoms with Crippen LogP contribution in [0.5, 0.6) is 0 Å². The Hall–Kier alpha value is -0.480. The van der Waals surface area contributed by atoms with Crippen LogP contribution in [0.4, 0.5) is 0 Å². The summed E-state index contributed by atoms with van der Waals surface area (Å²) >= 11 is 2.92. The first kappa shape index (κ1) is 7.63. The molecule has 10 heavy (non-hydrogen) atoms. The fraction of sp³-hybridized carbons (Fsp3) is 0.167. The van der Waals surface area contributed by atoms with E-state index in [0.29, 0.717) is 0 Å². The average molecular weight is 174 g/mol. The van der Waals surface area contributed by atoms with E-state index in [4.69, 9.17) is 5.11 Å². The molecule has 4 heteroatoms. The number of hydrogen-bond acceptors (Lipinski definition) is 3. The summed E-state index contributed by atoms with van der Waals surface area (Å²) < 4.78 is 0. The molecule has 0 aliphatic heterocycles. The van der Waals surface area contributed by atoms with Crippen LogP contribution in [-0.2, 0) is 4.79 Å². The molecule has 0 aliphatic rings. The molecule has 0 fully saturated rings. The molecule has 1 heterocycles. The van der Waals surface area contributed by atoms with Gasteiger partial charge in [-0.1, -0.05) is 0 Å². The molecule has 1 N–H and O–H groups in total. The Kier molecular flexibility index (Phi) is 2.77. The Morgan fingerprint density at radius 2 is 2.60 bits per heavy atom. The lowest BCUT2D eigenvalue weighted by atomic mass is 10.7. The molecular weight excluding hydrogens is 168 g/mol. The third kappa shape index (κ3) is 2.41. The Morgan fingerprint density at radius 3 is 3.10 bits per heavy atom. The van der Waals surface area contributed by atoms with E-state index in [-0.39, 0.29) is 5.75 Å². The molecule has 0 saturated carbocycles. The van der Waals surface area contributed by atoms with Gasteiger partial charge < -0.3 is 5.11 Å². The van der Waals surface area contributed by atoms with Crippen LogP contribution in [0.2, 0.25) is 0 Å². The smallest absolute Gasteiger partial charge is 0.313 e. The van der Waals surface area contributed by atoms with E-state index in [1.165, 1.54) is 11.8 Å². The maximum Gasteiger partial charge on any atom is 0.313 e. The van der Waals surface area contributed by atoms with Gasteiger partial charge in [-0.05, 0) is 11.4 Å². The third-order valence-corrected chi connectivity index (χ3v) is 2.67. The molecule has 0 amide bonds. The molecule has 0 spiro atoms. The first-order chi connectivity index (χ1) is 4.79. The van der Waals surface area contributed by atoms with E-state index in [1.807, 2.05) is 16.8 Å². The summed E-state index contributed by atoms with van der Waals surface area (Å²) in [6.07, 6.45) is 0. The minimum atomic E-state index is -0.767. The van der Waals surface area contributed by atoms with Gasteiger partial charge >= 0.3 is 5.97 Å². The van der Waals surface area contributed by atoms with Gasteiger partial charge in [0.1, 0.15) is 0 Å². The Balaban J connectivity index is 2.35. The highest BCUT2D eigenvalue weighted by Crippen LogP contribution is 2.19. The molecule has 0 unspecified atom stereocenters. The van der Waals surface area contributed by atoms with E-state index >= 15 is 0 Å². The van der Waals surface area contributed by atoms with Crippen LogP contribution < -0.4 is 0 Å². The van der Waals surface area contributed by atoms with Crippen LogP contribution in [0.25, 0.3) is 0 Å². The van der Waals surface area contributed by atoms with Gasteiger partial charge in [-0.2, -0.15) is 11.3 Å². The largest absolute Gasteiger partial charge is 0.481 e. The Bertz CT molecular complexity index is 206. The standard InChI is InChI=1S/C6H6O2S2/c7-6(8)4-10-5-1-2-9-3-5/h1-3H,4H2,(H,7,8). The first-order valence-electron chi connectivity index (χ1n) is 2.66. The zero-order valence-corrected chi connectivity index (χ0v) is 6.74. The number of carbonyl (C=O) groups is 1. The predicted octanol–water partition coefficient (Wildman–Crippen LogP) is 1.92. The topological polar surface area (TPSA) is 37.3 Å². The summed E-state index contributed by atoms with van der Waals surface area (Å²) in [6, 6.07) is 1.91. The lowest BCUT2D eigenvalue weighted by molar-refractivity contribution is -0.133. The van der Waals surface area contributed by atoms with Gasteiger partial charge in [0, 0.05) is 10.3 Å². The second kappa shape index (κ2) is 3.63. The van der Waals surface area contributed by atoms with Gasteiger partial charge in [0.2, 0.25) is 0 Å². The van der Waals surface area contributed by atoms with Gasteiger partial charge in [0.05, 0.1) is 5.75 Å². The summed E-state index contributed by atoms with van der Waals surface area (Å²) in [4.78, 5) is 11.1. The van der Waals surface area contributed by atoms with Crippen molar-refractivity contribution in [2.24, 2.45) is 0 Å². The van der Waals surface area contributed by atoms with Crippen LogP contribution in [0.1, 0.15) is 0 Å². The highest BCUT2D eigenvalue weighted by atomic mass is 32.2. The molecular formula is C6H6O2S2. The van der Waals surface area contributed by atoms with Gasteiger partial charge in [0.25, 0.3) is 0 Å². The third-order valence-electron chi connectivity index (χ3n) is 0.857. The van der Waals surface area contributed by atoms with E-state index < -0.39 is 5.97 Å². The summed E-state index contributed by atoms with van der Waals surface area (Å²) in [7, 11) is 0. The van der Waals surface area contributed by atoms with Crippen molar-refractivity contribution in [2.45, 2.75) is 4.90 Å². The number of rotatable bonds is 3. The van der Waals surface area contributed by atoms with Gasteiger partial charge in [0.15, 0.2) is 0 Å². The predicted molar refractivity (Wildman–Crippen MR) is 42.7 cm³/mol. The van der Waals surface area contributed by atoms with Crippen molar-refractivity contribution < 1.29 is 9.90 Å². The SMILES string of the molecule is O=C(O)CSc1ccsc1. The van der Waals surface area contributed by atoms with Crippen molar-refractivity contribution in [1.29, 1.82) is 0 Å². The molecule has 0 radical (unpaired) electrons. The van der Waals surface area contributed by atoms with Crippen LogP contribution in [0.3, 0.4) is 0 Å². The van der Waals surface area contributed by atoms with Crippen LogP contribution in [0, 0.1) is 0 Å². The maximum atomic E-state index is 10.1. The summed E-state index contributed by atoms with van der Waals surface area (Å²) in [5.74, 6) is -0.618. The van der Waals surface area contributed by atoms with Crippen LogP contribution in [0.15, 0.2) is 21.7 Å². The number of thioether (sulfide) groups is 1. The summed E-state index contributed by atoms with van der Waals surface area (Å²) in [6.45, 7) is 0. The monoisotopic (exact) mass is 174 g/mol. The van der Waals surface area contributed by atoms with Gasteiger partial charge in [-0.15, -0.1) is 11.8 Å². The molecule has 1 aromatic rings. The molecule has 0 aromatic carbocycles. The van der Waals surface area contributed by atoms with Gasteiger partial charge in [-0.3, -0.25) is 4.79 Å². The first-order valence-corrected chi connectivity index (χ1v) is 4.58. The Labute approximate surface area is 66.9 Å². The summed E-state index contributed by atoms with van der Waals surface area (Å²) in [5, 5.41) is 12.2. The van der Waals surface area contributed by atoms with E-state index in [9.17, 15) is 4.79 Å². The molecule has 0 saturated heterocycles. The zero-order chi connectivity index (χ0) is 7.40. The average Bonchev–Trinajstić information content (AvgIpc) is 2.34. The van der Waals surface area contributed by atoms with E-state index in [2.05, 4.69) is 0 Å². The van der Waals surface area contributed by atoms with Crippen LogP contribution in [-0.4, -0.2) is 16.8 Å². The van der Waals surface area contributed by atoms with Crippen molar-refractivity contribution in [3.05, 3.63) is 16.8 Å². The minimum absolute atomic E-state index is 0.150. The van der Waals surface area contributed by atoms with Crippen molar-refractivity contribution in [3.8, 4) is 0 Å². The molecule has 0 atom stereocenters. The van der Waals surface area contributed by atoms with Crippen LogP contribution >= 0.6 is 23.1 Å². The molecule has 0 aliphatic carbocycles. The van der Waals surface area contributed by atoms with E-state index in [1.54, 1.807) is 11.3 Å². The number of carboxylic acid groups (broad SMARTS) is 1. The number of aliphatic carboxylic acids is 1. The molecule has 1 aromatic heterocycles. The quantitative estimate of drug-likeness (QED) is 0.711. The van der Waals surface area contributed by atoms with E-state index in [0.717, 1.165) is 4.90 Å². The fourth-order valence-electron chi connectivity index (χ4n) is 0.479. The molecule has 2 nitrogen and oxygen atoms in total. The molecule has 1 rings (SSSR count). The fourth-order valence-corrected chi connectivity index (χ4v) is 1.97. The lowest BCUT2D eigenvalue weighted by Gasteiger charge is -1.89. The van der Waals surface area contributed by atoms with Gasteiger partial charge in [-0.25, -0.2) is 0 Å². The zero-order valence-electron chi connectivity index (χ0n) is 5.11. The molecule has 54 valence electrons. The van der Waals surface area contributed by atoms with Crippen molar-refractivity contribution in [2.75, 3.05) is 5.75 Å². The second-order valence-electron chi connectivity index (χ2n) is 1.64. The number of carboxylic acids is 1. The second-order valence-corrected chi connectivity index (χ2v) is 3.47.